The van der Waals surface area contributed by atoms with Gasteiger partial charge in [0.2, 0.25) is 0 Å². The first-order valence-electron chi connectivity index (χ1n) is 4.89. The van der Waals surface area contributed by atoms with E-state index >= 15 is 0 Å². The molecule has 0 fully saturated rings. The van der Waals surface area contributed by atoms with E-state index in [1.165, 1.54) is 18.2 Å². The topological polar surface area (TPSA) is 92.2 Å². The molecule has 0 bridgehead atoms. The molecule has 19 heavy (non-hydrogen) atoms. The molecule has 0 unspecified atom stereocenters. The first-order valence-corrected chi connectivity index (χ1v) is 6.75. The Kier molecular flexibility index (Phi) is 3.54. The lowest BCUT2D eigenvalue weighted by molar-refractivity contribution is 0.426. The maximum Gasteiger partial charge on any atom is 0.316 e. The van der Waals surface area contributed by atoms with Crippen LogP contribution in [0.4, 0.5) is 10.2 Å². The molecule has 0 saturated heterocycles. The van der Waals surface area contributed by atoms with Gasteiger partial charge in [0.15, 0.2) is 11.6 Å². The lowest BCUT2D eigenvalue weighted by atomic mass is 10.4. The number of halogens is 2. The summed E-state index contributed by atoms with van der Waals surface area (Å²) in [7, 11) is -4.11. The van der Waals surface area contributed by atoms with Crippen LogP contribution in [0, 0.1) is 5.82 Å². The van der Waals surface area contributed by atoms with E-state index in [1.807, 2.05) is 4.72 Å². The summed E-state index contributed by atoms with van der Waals surface area (Å²) in [5.74, 6) is -1.68. The molecule has 0 saturated carbocycles. The molecule has 0 spiro atoms. The van der Waals surface area contributed by atoms with Gasteiger partial charge in [0.05, 0.1) is 11.2 Å². The van der Waals surface area contributed by atoms with Crippen LogP contribution in [0.2, 0.25) is 5.02 Å². The number of hydrogen-bond donors (Lipinski definition) is 2. The number of hydrogen-bond acceptors (Lipinski definition) is 5. The Hall–Kier alpha value is -1.93. The van der Waals surface area contributed by atoms with Gasteiger partial charge < -0.3 is 5.11 Å². The van der Waals surface area contributed by atoms with Gasteiger partial charge >= 0.3 is 6.01 Å². The summed E-state index contributed by atoms with van der Waals surface area (Å²) in [6.45, 7) is 0. The van der Waals surface area contributed by atoms with E-state index in [2.05, 4.69) is 9.97 Å². The first kappa shape index (κ1) is 13.5. The van der Waals surface area contributed by atoms with Gasteiger partial charge in [0.25, 0.3) is 10.0 Å². The lowest BCUT2D eigenvalue weighted by Crippen LogP contribution is -2.15. The molecule has 6 nitrogen and oxygen atoms in total. The minimum Gasteiger partial charge on any atom is -0.479 e. The van der Waals surface area contributed by atoms with Crippen molar-refractivity contribution in [3.63, 3.8) is 0 Å². The van der Waals surface area contributed by atoms with E-state index in [0.717, 1.165) is 0 Å². The van der Waals surface area contributed by atoms with E-state index in [-0.39, 0.29) is 9.92 Å². The molecular formula is C10H7ClFN3O3S. The summed E-state index contributed by atoms with van der Waals surface area (Å²) in [6, 6.07) is 4.90. The Balaban J connectivity index is 2.43. The van der Waals surface area contributed by atoms with Crippen LogP contribution >= 0.6 is 11.6 Å². The summed E-state index contributed by atoms with van der Waals surface area (Å²) in [5.41, 5.74) is 0. The molecule has 0 aliphatic rings. The number of aromatic hydroxyl groups is 1. The molecule has 0 radical (unpaired) electrons. The smallest absolute Gasteiger partial charge is 0.316 e. The third-order valence-corrected chi connectivity index (χ3v) is 3.93. The van der Waals surface area contributed by atoms with Crippen LogP contribution in [0.15, 0.2) is 35.4 Å². The van der Waals surface area contributed by atoms with Gasteiger partial charge in [-0.25, -0.2) is 17.8 Å². The summed E-state index contributed by atoms with van der Waals surface area (Å²) in [5, 5.41) is 8.99. The molecule has 0 aliphatic heterocycles. The highest BCUT2D eigenvalue weighted by Gasteiger charge is 2.20. The first-order chi connectivity index (χ1) is 8.90. The normalized spacial score (nSPS) is 11.3. The summed E-state index contributed by atoms with van der Waals surface area (Å²) in [4.78, 5) is 6.19. The molecule has 2 rings (SSSR count). The van der Waals surface area contributed by atoms with Gasteiger partial charge in [-0.3, -0.25) is 4.72 Å². The van der Waals surface area contributed by atoms with Gasteiger partial charge in [-0.05, 0) is 12.1 Å². The zero-order valence-corrected chi connectivity index (χ0v) is 10.8. The van der Waals surface area contributed by atoms with Crippen molar-refractivity contribution in [3.8, 4) is 6.01 Å². The van der Waals surface area contributed by atoms with Crippen LogP contribution in [-0.2, 0) is 10.0 Å². The van der Waals surface area contributed by atoms with Crippen LogP contribution in [0.25, 0.3) is 0 Å². The molecule has 1 aromatic heterocycles. The Morgan fingerprint density at radius 2 is 2.00 bits per heavy atom. The molecule has 100 valence electrons. The highest BCUT2D eigenvalue weighted by atomic mass is 35.5. The van der Waals surface area contributed by atoms with E-state index in [1.54, 1.807) is 6.07 Å². The second-order valence-electron chi connectivity index (χ2n) is 3.40. The van der Waals surface area contributed by atoms with Crippen LogP contribution < -0.4 is 4.72 Å². The van der Waals surface area contributed by atoms with Crippen molar-refractivity contribution >= 4 is 27.4 Å². The third kappa shape index (κ3) is 2.91. The minimum absolute atomic E-state index is 0.0197. The number of nitrogens with one attached hydrogen (secondary N) is 1. The van der Waals surface area contributed by atoms with E-state index < -0.39 is 27.7 Å². The van der Waals surface area contributed by atoms with E-state index in [0.29, 0.717) is 6.20 Å². The average Bonchev–Trinajstić information content (AvgIpc) is 2.34. The maximum absolute atomic E-state index is 13.3. The van der Waals surface area contributed by atoms with Crippen molar-refractivity contribution in [2.24, 2.45) is 0 Å². The van der Waals surface area contributed by atoms with Crippen molar-refractivity contribution in [3.05, 3.63) is 41.3 Å². The average molecular weight is 304 g/mol. The Bertz CT molecular complexity index is 724. The zero-order valence-electron chi connectivity index (χ0n) is 9.21. The van der Waals surface area contributed by atoms with Gasteiger partial charge in [0, 0.05) is 0 Å². The van der Waals surface area contributed by atoms with Gasteiger partial charge in [-0.15, -0.1) is 0 Å². The molecule has 2 aromatic rings. The fraction of sp³-hybridized carbons (Fsp3) is 0. The van der Waals surface area contributed by atoms with E-state index in [4.69, 9.17) is 16.7 Å². The highest BCUT2D eigenvalue weighted by molar-refractivity contribution is 7.92. The number of anilines is 1. The van der Waals surface area contributed by atoms with Crippen molar-refractivity contribution in [2.45, 2.75) is 4.90 Å². The Labute approximate surface area is 113 Å². The van der Waals surface area contributed by atoms with Crippen LogP contribution in [0.1, 0.15) is 0 Å². The molecule has 0 atom stereocenters. The molecule has 2 N–H and O–H groups in total. The lowest BCUT2D eigenvalue weighted by Gasteiger charge is -2.08. The van der Waals surface area contributed by atoms with Crippen molar-refractivity contribution in [2.75, 3.05) is 4.72 Å². The number of aromatic nitrogens is 2. The standard InChI is InChI=1S/C10H7ClFN3O3S/c11-6-3-1-2-4-8(6)19(17,18)15-9-7(12)5-13-10(16)14-9/h1-5H,(H2,13,14,15,16). The largest absolute Gasteiger partial charge is 0.479 e. The fourth-order valence-corrected chi connectivity index (χ4v) is 2.80. The minimum atomic E-state index is -4.11. The zero-order chi connectivity index (χ0) is 14.0. The quantitative estimate of drug-likeness (QED) is 0.901. The van der Waals surface area contributed by atoms with Crippen molar-refractivity contribution in [1.29, 1.82) is 0 Å². The van der Waals surface area contributed by atoms with Crippen LogP contribution in [-0.4, -0.2) is 23.5 Å². The number of benzene rings is 1. The predicted octanol–water partition coefficient (Wildman–Crippen LogP) is 1.78. The molecule has 1 heterocycles. The second kappa shape index (κ2) is 4.98. The summed E-state index contributed by atoms with van der Waals surface area (Å²) >= 11 is 5.75. The number of sulfonamides is 1. The third-order valence-electron chi connectivity index (χ3n) is 2.09. The number of nitrogens with zero attached hydrogens (tertiary/aromatic N) is 2. The molecule has 9 heteroatoms. The van der Waals surface area contributed by atoms with Crippen molar-refractivity contribution in [1.82, 2.24) is 9.97 Å². The number of rotatable bonds is 3. The molecule has 1 aromatic carbocycles. The SMILES string of the molecule is O=S(=O)(Nc1nc(O)ncc1F)c1ccccc1Cl. The Morgan fingerprint density at radius 3 is 2.68 bits per heavy atom. The van der Waals surface area contributed by atoms with Crippen LogP contribution in [0.5, 0.6) is 6.01 Å². The van der Waals surface area contributed by atoms with E-state index in [9.17, 15) is 12.8 Å². The van der Waals surface area contributed by atoms with Gasteiger partial charge in [0.1, 0.15) is 4.90 Å². The van der Waals surface area contributed by atoms with Gasteiger partial charge in [-0.2, -0.15) is 4.98 Å². The molecule has 0 amide bonds. The summed E-state index contributed by atoms with van der Waals surface area (Å²) in [6.07, 6.45) is 0.646. The molecular weight excluding hydrogens is 297 g/mol. The van der Waals surface area contributed by atoms with Crippen molar-refractivity contribution < 1.29 is 17.9 Å². The second-order valence-corrected chi connectivity index (χ2v) is 5.46. The Morgan fingerprint density at radius 1 is 1.32 bits per heavy atom. The monoisotopic (exact) mass is 303 g/mol. The highest BCUT2D eigenvalue weighted by Crippen LogP contribution is 2.23. The van der Waals surface area contributed by atoms with Gasteiger partial charge in [-0.1, -0.05) is 23.7 Å². The fourth-order valence-electron chi connectivity index (χ4n) is 1.27. The molecule has 0 aliphatic carbocycles. The maximum atomic E-state index is 13.3. The van der Waals surface area contributed by atoms with Crippen LogP contribution in [0.3, 0.4) is 0 Å². The predicted molar refractivity (Wildman–Crippen MR) is 65.9 cm³/mol. The summed E-state index contributed by atoms with van der Waals surface area (Å²) < 4.78 is 39.2.